The number of alkyl halides is 3. The van der Waals surface area contributed by atoms with E-state index in [2.05, 4.69) is 4.72 Å². The molecule has 1 N–H and O–H groups in total. The summed E-state index contributed by atoms with van der Waals surface area (Å²) in [5.74, 6) is 0. The third-order valence-electron chi connectivity index (χ3n) is 4.52. The zero-order valence-corrected chi connectivity index (χ0v) is 14.0. The number of piperidine rings is 1. The molecule has 1 atom stereocenters. The lowest BCUT2D eigenvalue weighted by molar-refractivity contribution is -0.138. The summed E-state index contributed by atoms with van der Waals surface area (Å²) >= 11 is 0. The molecular formula is C16H21F3N2O2S. The van der Waals surface area contributed by atoms with Crippen LogP contribution in [0.1, 0.15) is 36.8 Å². The first-order valence-electron chi connectivity index (χ1n) is 8.14. The smallest absolute Gasteiger partial charge is 0.297 e. The summed E-state index contributed by atoms with van der Waals surface area (Å²) < 4.78 is 66.1. The summed E-state index contributed by atoms with van der Waals surface area (Å²) in [4.78, 5) is 1.90. The summed E-state index contributed by atoms with van der Waals surface area (Å²) in [5, 5.41) is -0.279. The lowest BCUT2D eigenvalue weighted by atomic mass is 10.0. The molecule has 1 unspecified atom stereocenters. The molecule has 2 fully saturated rings. The van der Waals surface area contributed by atoms with Gasteiger partial charge in [0.15, 0.2) is 0 Å². The van der Waals surface area contributed by atoms with Crippen molar-refractivity contribution in [2.24, 2.45) is 0 Å². The fourth-order valence-electron chi connectivity index (χ4n) is 3.18. The molecule has 2 aliphatic rings. The SMILES string of the molecule is O=S(=O)(NC1CCCN(Cc2ccccc2C(F)(F)F)C1)C1CC1. The molecular weight excluding hydrogens is 341 g/mol. The van der Waals surface area contributed by atoms with E-state index < -0.39 is 21.8 Å². The average Bonchev–Trinajstić information content (AvgIpc) is 3.31. The Kier molecular flexibility index (Phi) is 4.90. The van der Waals surface area contributed by atoms with E-state index in [9.17, 15) is 21.6 Å². The largest absolute Gasteiger partial charge is 0.416 e. The Hall–Kier alpha value is -1.12. The van der Waals surface area contributed by atoms with Crippen LogP contribution in [0.2, 0.25) is 0 Å². The van der Waals surface area contributed by atoms with Crippen molar-refractivity contribution in [3.05, 3.63) is 35.4 Å². The number of likely N-dealkylation sites (tertiary alicyclic amines) is 1. The Morgan fingerprint density at radius 2 is 1.88 bits per heavy atom. The summed E-state index contributed by atoms with van der Waals surface area (Å²) in [7, 11) is -3.27. The standard InChI is InChI=1S/C16H21F3N2O2S/c17-16(18,19)15-6-2-1-4-12(15)10-21-9-3-5-13(11-21)20-24(22,23)14-7-8-14/h1-2,4,6,13-14,20H,3,5,7-11H2. The highest BCUT2D eigenvalue weighted by Gasteiger charge is 2.38. The molecule has 4 nitrogen and oxygen atoms in total. The van der Waals surface area contributed by atoms with Crippen LogP contribution in [0.3, 0.4) is 0 Å². The first-order valence-corrected chi connectivity index (χ1v) is 9.69. The highest BCUT2D eigenvalue weighted by atomic mass is 32.2. The van der Waals surface area contributed by atoms with Crippen molar-refractivity contribution in [1.82, 2.24) is 9.62 Å². The van der Waals surface area contributed by atoms with E-state index in [0.717, 1.165) is 18.9 Å². The number of benzene rings is 1. The van der Waals surface area contributed by atoms with Crippen LogP contribution in [0.5, 0.6) is 0 Å². The maximum atomic E-state index is 13.1. The maximum Gasteiger partial charge on any atom is 0.416 e. The number of halogens is 3. The Morgan fingerprint density at radius 3 is 2.54 bits per heavy atom. The maximum absolute atomic E-state index is 13.1. The lowest BCUT2D eigenvalue weighted by Gasteiger charge is -2.33. The summed E-state index contributed by atoms with van der Waals surface area (Å²) in [5.41, 5.74) is -0.388. The van der Waals surface area contributed by atoms with Gasteiger partial charge in [-0.3, -0.25) is 4.90 Å². The van der Waals surface area contributed by atoms with Gasteiger partial charge in [0.25, 0.3) is 0 Å². The predicted octanol–water partition coefficient (Wildman–Crippen LogP) is 2.75. The highest BCUT2D eigenvalue weighted by Crippen LogP contribution is 2.33. The summed E-state index contributed by atoms with van der Waals surface area (Å²) in [6, 6.07) is 5.34. The van der Waals surface area contributed by atoms with Crippen LogP contribution in [-0.4, -0.2) is 37.7 Å². The molecule has 3 rings (SSSR count). The Balaban J connectivity index is 1.66. The van der Waals surface area contributed by atoms with Crippen LogP contribution in [0.15, 0.2) is 24.3 Å². The second-order valence-electron chi connectivity index (χ2n) is 6.59. The summed E-state index contributed by atoms with van der Waals surface area (Å²) in [6.45, 7) is 1.29. The van der Waals surface area contributed by atoms with Gasteiger partial charge in [-0.05, 0) is 43.9 Å². The monoisotopic (exact) mass is 362 g/mol. The van der Waals surface area contributed by atoms with Crippen LogP contribution >= 0.6 is 0 Å². The topological polar surface area (TPSA) is 49.4 Å². The van der Waals surface area contributed by atoms with Gasteiger partial charge in [0.1, 0.15) is 0 Å². The fourth-order valence-corrected chi connectivity index (χ4v) is 4.78. The molecule has 1 aromatic rings. The van der Waals surface area contributed by atoms with Gasteiger partial charge >= 0.3 is 6.18 Å². The van der Waals surface area contributed by atoms with Gasteiger partial charge in [-0.2, -0.15) is 13.2 Å². The minimum Gasteiger partial charge on any atom is -0.297 e. The number of hydrogen-bond acceptors (Lipinski definition) is 3. The third kappa shape index (κ3) is 4.29. The second kappa shape index (κ2) is 6.65. The van der Waals surface area contributed by atoms with Gasteiger partial charge in [-0.1, -0.05) is 18.2 Å². The van der Waals surface area contributed by atoms with Crippen molar-refractivity contribution in [2.45, 2.75) is 49.7 Å². The molecule has 24 heavy (non-hydrogen) atoms. The van der Waals surface area contributed by atoms with Crippen molar-refractivity contribution in [1.29, 1.82) is 0 Å². The molecule has 0 spiro atoms. The van der Waals surface area contributed by atoms with Crippen molar-refractivity contribution in [3.63, 3.8) is 0 Å². The number of sulfonamides is 1. The average molecular weight is 362 g/mol. The van der Waals surface area contributed by atoms with Crippen molar-refractivity contribution < 1.29 is 21.6 Å². The summed E-state index contributed by atoms with van der Waals surface area (Å²) in [6.07, 6.45) is -1.48. The molecule has 8 heteroatoms. The highest BCUT2D eigenvalue weighted by molar-refractivity contribution is 7.90. The second-order valence-corrected chi connectivity index (χ2v) is 8.58. The van der Waals surface area contributed by atoms with E-state index in [1.54, 1.807) is 6.07 Å². The van der Waals surface area contributed by atoms with E-state index in [1.165, 1.54) is 12.1 Å². The van der Waals surface area contributed by atoms with E-state index in [1.807, 2.05) is 4.90 Å². The van der Waals surface area contributed by atoms with Crippen molar-refractivity contribution in [3.8, 4) is 0 Å². The van der Waals surface area contributed by atoms with Crippen LogP contribution in [0.4, 0.5) is 13.2 Å². The fraction of sp³-hybridized carbons (Fsp3) is 0.625. The van der Waals surface area contributed by atoms with Crippen LogP contribution < -0.4 is 4.72 Å². The zero-order chi connectivity index (χ0) is 17.4. The number of rotatable bonds is 5. The number of nitrogens with one attached hydrogen (secondary N) is 1. The molecule has 1 aliphatic heterocycles. The zero-order valence-electron chi connectivity index (χ0n) is 13.2. The van der Waals surface area contributed by atoms with Gasteiger partial charge in [-0.15, -0.1) is 0 Å². The van der Waals surface area contributed by atoms with E-state index in [0.29, 0.717) is 25.9 Å². The van der Waals surface area contributed by atoms with E-state index >= 15 is 0 Å². The Morgan fingerprint density at radius 1 is 1.17 bits per heavy atom. The van der Waals surface area contributed by atoms with Crippen LogP contribution in [0, 0.1) is 0 Å². The van der Waals surface area contributed by atoms with Crippen molar-refractivity contribution >= 4 is 10.0 Å². The minimum absolute atomic E-state index is 0.178. The molecule has 1 heterocycles. The number of hydrogen-bond donors (Lipinski definition) is 1. The molecule has 1 aliphatic carbocycles. The van der Waals surface area contributed by atoms with E-state index in [-0.39, 0.29) is 23.4 Å². The van der Waals surface area contributed by atoms with Crippen molar-refractivity contribution in [2.75, 3.05) is 13.1 Å². The molecule has 0 amide bonds. The molecule has 0 radical (unpaired) electrons. The number of nitrogens with zero attached hydrogens (tertiary/aromatic N) is 1. The molecule has 1 aromatic carbocycles. The minimum atomic E-state index is -4.38. The first-order chi connectivity index (χ1) is 11.3. The predicted molar refractivity (Wildman–Crippen MR) is 84.8 cm³/mol. The normalized spacial score (nSPS) is 23.4. The van der Waals surface area contributed by atoms with Gasteiger partial charge in [0.05, 0.1) is 10.8 Å². The quantitative estimate of drug-likeness (QED) is 0.876. The Labute approximate surface area is 140 Å². The van der Waals surface area contributed by atoms with Gasteiger partial charge < -0.3 is 0 Å². The molecule has 0 bridgehead atoms. The van der Waals surface area contributed by atoms with Gasteiger partial charge in [0.2, 0.25) is 10.0 Å². The lowest BCUT2D eigenvalue weighted by Crippen LogP contribution is -2.48. The molecule has 0 aromatic heterocycles. The van der Waals surface area contributed by atoms with E-state index in [4.69, 9.17) is 0 Å². The van der Waals surface area contributed by atoms with Gasteiger partial charge in [-0.25, -0.2) is 13.1 Å². The van der Waals surface area contributed by atoms with Crippen LogP contribution in [-0.2, 0) is 22.7 Å². The molecule has 1 saturated heterocycles. The van der Waals surface area contributed by atoms with Gasteiger partial charge in [0, 0.05) is 19.1 Å². The Bertz CT molecular complexity index is 687. The first kappa shape index (κ1) is 17.7. The molecule has 1 saturated carbocycles. The van der Waals surface area contributed by atoms with Crippen LogP contribution in [0.25, 0.3) is 0 Å². The molecule has 134 valence electrons. The third-order valence-corrected chi connectivity index (χ3v) is 6.53.